The molecule has 2 heterocycles. The quantitative estimate of drug-likeness (QED) is 0.643. The molecule has 1 aromatic heterocycles. The van der Waals surface area contributed by atoms with E-state index in [1.54, 1.807) is 6.07 Å². The largest absolute Gasteiger partial charge is 0.469 e. The molecule has 1 atom stereocenters. The van der Waals surface area contributed by atoms with E-state index in [1.807, 2.05) is 41.8 Å². The molecular formula is C17H17NO3. The number of nitrogens with zero attached hydrogens (tertiary/aromatic N) is 1. The van der Waals surface area contributed by atoms with Gasteiger partial charge in [0.05, 0.1) is 18.7 Å². The smallest absolute Gasteiger partial charge is 0.314 e. The first-order valence-corrected chi connectivity index (χ1v) is 7.00. The number of fused-ring (bicyclic) bond motifs is 1. The summed E-state index contributed by atoms with van der Waals surface area (Å²) in [6, 6.07) is 11.2. The summed E-state index contributed by atoms with van der Waals surface area (Å²) in [6.07, 6.45) is 0.691. The van der Waals surface area contributed by atoms with Crippen molar-refractivity contribution in [2.75, 3.05) is 7.11 Å². The molecule has 0 radical (unpaired) electrons. The van der Waals surface area contributed by atoms with Crippen LogP contribution in [-0.2, 0) is 16.1 Å². The van der Waals surface area contributed by atoms with E-state index in [0.717, 1.165) is 11.3 Å². The lowest BCUT2D eigenvalue weighted by atomic mass is 10.0. The van der Waals surface area contributed by atoms with Gasteiger partial charge in [-0.25, -0.2) is 0 Å². The zero-order valence-corrected chi connectivity index (χ0v) is 12.1. The third-order valence-electron chi connectivity index (χ3n) is 4.04. The lowest BCUT2D eigenvalue weighted by molar-refractivity contribution is -0.142. The monoisotopic (exact) mass is 283 g/mol. The van der Waals surface area contributed by atoms with Crippen LogP contribution < -0.4 is 0 Å². The molecule has 2 aromatic rings. The summed E-state index contributed by atoms with van der Waals surface area (Å²) in [5.74, 6) is -0.498. The number of benzene rings is 1. The number of aryl methyl sites for hydroxylation is 1. The predicted octanol–water partition coefficient (Wildman–Crippen LogP) is 2.69. The average molecular weight is 283 g/mol. The van der Waals surface area contributed by atoms with Crippen molar-refractivity contribution in [3.63, 3.8) is 0 Å². The summed E-state index contributed by atoms with van der Waals surface area (Å²) in [6.45, 7) is 2.67. The molecule has 1 unspecified atom stereocenters. The molecule has 0 fully saturated rings. The SMILES string of the molecule is COC(=O)C1CCn2c(C(=O)c3ccc(C)cc3)ccc21. The Labute approximate surface area is 123 Å². The minimum atomic E-state index is -0.255. The topological polar surface area (TPSA) is 48.3 Å². The van der Waals surface area contributed by atoms with Crippen molar-refractivity contribution in [3.05, 3.63) is 58.9 Å². The Morgan fingerprint density at radius 2 is 1.86 bits per heavy atom. The number of hydrogen-bond donors (Lipinski definition) is 0. The molecule has 0 saturated heterocycles. The van der Waals surface area contributed by atoms with Gasteiger partial charge in [0.25, 0.3) is 0 Å². The van der Waals surface area contributed by atoms with Crippen molar-refractivity contribution < 1.29 is 14.3 Å². The van der Waals surface area contributed by atoms with Crippen molar-refractivity contribution in [1.29, 1.82) is 0 Å². The molecule has 1 aliphatic heterocycles. The van der Waals surface area contributed by atoms with Gasteiger partial charge in [-0.15, -0.1) is 0 Å². The van der Waals surface area contributed by atoms with Crippen LogP contribution in [0.4, 0.5) is 0 Å². The Hall–Kier alpha value is -2.36. The molecule has 0 bridgehead atoms. The number of carbonyl (C=O) groups is 2. The summed E-state index contributed by atoms with van der Waals surface area (Å²) in [5.41, 5.74) is 3.30. The van der Waals surface area contributed by atoms with E-state index < -0.39 is 0 Å². The van der Waals surface area contributed by atoms with Crippen LogP contribution in [0.2, 0.25) is 0 Å². The lowest BCUT2D eigenvalue weighted by Crippen LogP contribution is -2.11. The standard InChI is InChI=1S/C17H17NO3/c1-11-3-5-12(6-4-11)16(19)15-8-7-14-13(17(20)21-2)9-10-18(14)15/h3-8,13H,9-10H2,1-2H3. The van der Waals surface area contributed by atoms with Crippen LogP contribution in [0.15, 0.2) is 36.4 Å². The molecule has 3 rings (SSSR count). The van der Waals surface area contributed by atoms with Gasteiger partial charge < -0.3 is 9.30 Å². The molecule has 108 valence electrons. The van der Waals surface area contributed by atoms with Crippen LogP contribution in [0.3, 0.4) is 0 Å². The molecular weight excluding hydrogens is 266 g/mol. The van der Waals surface area contributed by atoms with Gasteiger partial charge in [-0.1, -0.05) is 29.8 Å². The molecule has 21 heavy (non-hydrogen) atoms. The number of rotatable bonds is 3. The molecule has 0 N–H and O–H groups in total. The number of ether oxygens (including phenoxy) is 1. The van der Waals surface area contributed by atoms with Gasteiger partial charge in [-0.05, 0) is 25.5 Å². The van der Waals surface area contributed by atoms with Crippen LogP contribution in [-0.4, -0.2) is 23.4 Å². The number of ketones is 1. The van der Waals surface area contributed by atoms with Gasteiger partial charge in [0, 0.05) is 17.8 Å². The van der Waals surface area contributed by atoms with Gasteiger partial charge in [-0.2, -0.15) is 0 Å². The maximum atomic E-state index is 12.6. The highest BCUT2D eigenvalue weighted by atomic mass is 16.5. The Morgan fingerprint density at radius 3 is 2.52 bits per heavy atom. The average Bonchev–Trinajstić information content (AvgIpc) is 3.08. The van der Waals surface area contributed by atoms with Gasteiger partial charge in [0.1, 0.15) is 0 Å². The van der Waals surface area contributed by atoms with Crippen molar-refractivity contribution >= 4 is 11.8 Å². The Bertz CT molecular complexity index is 697. The first-order chi connectivity index (χ1) is 10.1. The molecule has 0 aliphatic carbocycles. The summed E-state index contributed by atoms with van der Waals surface area (Å²) in [4.78, 5) is 24.3. The second-order valence-corrected chi connectivity index (χ2v) is 5.35. The maximum Gasteiger partial charge on any atom is 0.314 e. The number of methoxy groups -OCH3 is 1. The van der Waals surface area contributed by atoms with E-state index in [4.69, 9.17) is 4.74 Å². The summed E-state index contributed by atoms with van der Waals surface area (Å²) >= 11 is 0. The first-order valence-electron chi connectivity index (χ1n) is 7.00. The molecule has 1 aromatic carbocycles. The van der Waals surface area contributed by atoms with E-state index in [2.05, 4.69) is 0 Å². The van der Waals surface area contributed by atoms with Crippen molar-refractivity contribution in [1.82, 2.24) is 4.57 Å². The molecule has 4 heteroatoms. The number of carbonyl (C=O) groups excluding carboxylic acids is 2. The van der Waals surface area contributed by atoms with Crippen LogP contribution in [0.25, 0.3) is 0 Å². The van der Waals surface area contributed by atoms with Crippen molar-refractivity contribution in [2.45, 2.75) is 25.8 Å². The van der Waals surface area contributed by atoms with E-state index in [9.17, 15) is 9.59 Å². The first kappa shape index (κ1) is 13.6. The second-order valence-electron chi connectivity index (χ2n) is 5.35. The summed E-state index contributed by atoms with van der Waals surface area (Å²) in [5, 5.41) is 0. The van der Waals surface area contributed by atoms with Gasteiger partial charge in [0.2, 0.25) is 5.78 Å². The summed E-state index contributed by atoms with van der Waals surface area (Å²) in [7, 11) is 1.40. The molecule has 1 aliphatic rings. The van der Waals surface area contributed by atoms with Crippen LogP contribution >= 0.6 is 0 Å². The fourth-order valence-corrected chi connectivity index (χ4v) is 2.88. The molecule has 4 nitrogen and oxygen atoms in total. The zero-order valence-electron chi connectivity index (χ0n) is 12.1. The number of aromatic nitrogens is 1. The van der Waals surface area contributed by atoms with E-state index in [0.29, 0.717) is 24.2 Å². The minimum absolute atomic E-state index is 0.00762. The second kappa shape index (κ2) is 5.20. The number of esters is 1. The third kappa shape index (κ3) is 2.27. The van der Waals surface area contributed by atoms with Crippen LogP contribution in [0.5, 0.6) is 0 Å². The Morgan fingerprint density at radius 1 is 1.14 bits per heavy atom. The maximum absolute atomic E-state index is 12.6. The molecule has 0 spiro atoms. The summed E-state index contributed by atoms with van der Waals surface area (Å²) < 4.78 is 6.76. The predicted molar refractivity (Wildman–Crippen MR) is 78.4 cm³/mol. The Kier molecular flexibility index (Phi) is 3.37. The van der Waals surface area contributed by atoms with Crippen LogP contribution in [0.1, 0.15) is 39.6 Å². The van der Waals surface area contributed by atoms with E-state index in [1.165, 1.54) is 7.11 Å². The fourth-order valence-electron chi connectivity index (χ4n) is 2.88. The van der Waals surface area contributed by atoms with Gasteiger partial charge >= 0.3 is 5.97 Å². The third-order valence-corrected chi connectivity index (χ3v) is 4.04. The highest BCUT2D eigenvalue weighted by molar-refractivity contribution is 6.08. The zero-order chi connectivity index (χ0) is 15.0. The van der Waals surface area contributed by atoms with Crippen molar-refractivity contribution in [2.24, 2.45) is 0 Å². The Balaban J connectivity index is 1.93. The van der Waals surface area contributed by atoms with Crippen molar-refractivity contribution in [3.8, 4) is 0 Å². The molecule has 0 amide bonds. The van der Waals surface area contributed by atoms with Crippen LogP contribution in [0, 0.1) is 6.92 Å². The van der Waals surface area contributed by atoms with E-state index >= 15 is 0 Å². The van der Waals surface area contributed by atoms with Gasteiger partial charge in [-0.3, -0.25) is 9.59 Å². The number of hydrogen-bond acceptors (Lipinski definition) is 3. The van der Waals surface area contributed by atoms with Gasteiger partial charge in [0.15, 0.2) is 0 Å². The fraction of sp³-hybridized carbons (Fsp3) is 0.294. The normalized spacial score (nSPS) is 16.6. The lowest BCUT2D eigenvalue weighted by Gasteiger charge is -2.07. The minimum Gasteiger partial charge on any atom is -0.469 e. The highest BCUT2D eigenvalue weighted by Gasteiger charge is 2.32. The van der Waals surface area contributed by atoms with E-state index in [-0.39, 0.29) is 17.7 Å². The highest BCUT2D eigenvalue weighted by Crippen LogP contribution is 2.32. The molecule has 0 saturated carbocycles.